The Kier molecular flexibility index (Phi) is 9.40. The van der Waals surface area contributed by atoms with Crippen molar-refractivity contribution in [3.05, 3.63) is 141 Å². The summed E-state index contributed by atoms with van der Waals surface area (Å²) in [6.45, 7) is 0.787. The second-order valence-electron chi connectivity index (χ2n) is 10.8. The van der Waals surface area contributed by atoms with Crippen LogP contribution in [0.4, 0.5) is 13.2 Å². The molecule has 2 heterocycles. The van der Waals surface area contributed by atoms with Crippen molar-refractivity contribution in [2.75, 3.05) is 14.1 Å². The molecule has 0 spiro atoms. The molecule has 0 saturated carbocycles. The predicted molar refractivity (Wildman–Crippen MR) is 163 cm³/mol. The molecule has 0 N–H and O–H groups in total. The zero-order chi connectivity index (χ0) is 31.2. The fourth-order valence-electron chi connectivity index (χ4n) is 4.80. The molecular formula is C34H30F3N5O2. The van der Waals surface area contributed by atoms with Gasteiger partial charge < -0.3 is 4.90 Å². The summed E-state index contributed by atoms with van der Waals surface area (Å²) in [6, 6.07) is 14.9. The molecule has 5 aromatic rings. The second kappa shape index (κ2) is 13.6. The van der Waals surface area contributed by atoms with Crippen molar-refractivity contribution in [2.24, 2.45) is 0 Å². The van der Waals surface area contributed by atoms with Crippen LogP contribution >= 0.6 is 0 Å². The van der Waals surface area contributed by atoms with Gasteiger partial charge in [-0.1, -0.05) is 42.5 Å². The number of benzene rings is 3. The number of halogens is 3. The van der Waals surface area contributed by atoms with Gasteiger partial charge in [0.05, 0.1) is 23.8 Å². The van der Waals surface area contributed by atoms with Crippen LogP contribution in [0.3, 0.4) is 0 Å². The maximum absolute atomic E-state index is 15.3. The summed E-state index contributed by atoms with van der Waals surface area (Å²) in [5, 5.41) is 0.297. The first kappa shape index (κ1) is 30.5. The second-order valence-corrected chi connectivity index (χ2v) is 10.8. The number of aromatic nitrogens is 4. The molecule has 3 aromatic carbocycles. The van der Waals surface area contributed by atoms with E-state index in [4.69, 9.17) is 0 Å². The van der Waals surface area contributed by atoms with Crippen LogP contribution in [0.25, 0.3) is 17.0 Å². The van der Waals surface area contributed by atoms with Crippen LogP contribution in [0.2, 0.25) is 0 Å². The van der Waals surface area contributed by atoms with Gasteiger partial charge in [-0.3, -0.25) is 14.2 Å². The number of nitrogens with zero attached hydrogens (tertiary/aromatic N) is 5. The molecule has 7 nitrogen and oxygen atoms in total. The normalized spacial score (nSPS) is 11.6. The van der Waals surface area contributed by atoms with Gasteiger partial charge in [0.2, 0.25) is 0 Å². The Labute approximate surface area is 252 Å². The fraction of sp³-hybridized carbons (Fsp3) is 0.206. The minimum Gasteiger partial charge on any atom is -0.305 e. The molecule has 5 rings (SSSR count). The standard InChI is InChI=1S/C34H30F3N5O2/c1-41(2)19-23-9-7-22(8-10-23)16-32-39-18-26-30(40-32)14-12-25(33(26)37)5-3-4-6-31(43)27-17-38-21-42(34(27)44)20-24-11-13-28(35)29(36)15-24/h3,5,7-15,17-18,21H,4,6,16,19-20H2,1-2H3/b5-3+. The van der Waals surface area contributed by atoms with E-state index in [1.807, 2.05) is 26.2 Å². The van der Waals surface area contributed by atoms with E-state index in [0.29, 0.717) is 34.3 Å². The third-order valence-electron chi connectivity index (χ3n) is 7.04. The van der Waals surface area contributed by atoms with Crippen LogP contribution in [0.15, 0.2) is 84.2 Å². The van der Waals surface area contributed by atoms with Crippen LogP contribution in [0.5, 0.6) is 0 Å². The summed E-state index contributed by atoms with van der Waals surface area (Å²) < 4.78 is 43.2. The van der Waals surface area contributed by atoms with Crippen LogP contribution < -0.4 is 5.56 Å². The summed E-state index contributed by atoms with van der Waals surface area (Å²) in [6.07, 6.45) is 7.94. The van der Waals surface area contributed by atoms with Crippen LogP contribution in [0, 0.1) is 17.5 Å². The largest absolute Gasteiger partial charge is 0.305 e. The molecule has 0 fully saturated rings. The zero-order valence-corrected chi connectivity index (χ0v) is 24.3. The molecule has 0 atom stereocenters. The number of carbonyl (C=O) groups is 1. The SMILES string of the molecule is CN(C)Cc1ccc(Cc2ncc3c(F)c(/C=C/CCC(=O)c4cncn(Cc5ccc(F)c(F)c5)c4=O)ccc3n2)cc1. The number of allylic oxidation sites excluding steroid dienone is 1. The lowest BCUT2D eigenvalue weighted by atomic mass is 10.1. The fourth-order valence-corrected chi connectivity index (χ4v) is 4.80. The number of rotatable bonds is 11. The van der Waals surface area contributed by atoms with Crippen molar-refractivity contribution in [3.63, 3.8) is 0 Å². The molecule has 0 aliphatic heterocycles. The number of hydrogen-bond donors (Lipinski definition) is 0. The van der Waals surface area contributed by atoms with E-state index < -0.39 is 28.8 Å². The van der Waals surface area contributed by atoms with E-state index in [1.165, 1.54) is 30.4 Å². The van der Waals surface area contributed by atoms with Crippen molar-refractivity contribution in [1.82, 2.24) is 24.4 Å². The number of hydrogen-bond acceptors (Lipinski definition) is 6. The van der Waals surface area contributed by atoms with Gasteiger partial charge in [-0.15, -0.1) is 0 Å². The molecule has 0 bridgehead atoms. The van der Waals surface area contributed by atoms with Crippen LogP contribution in [-0.2, 0) is 19.5 Å². The van der Waals surface area contributed by atoms with Gasteiger partial charge in [0.25, 0.3) is 5.56 Å². The van der Waals surface area contributed by atoms with Crippen molar-refractivity contribution >= 4 is 22.8 Å². The maximum Gasteiger partial charge on any atom is 0.264 e. The average molecular weight is 598 g/mol. The summed E-state index contributed by atoms with van der Waals surface area (Å²) in [7, 11) is 4.04. The molecule has 0 aliphatic rings. The Morgan fingerprint density at radius 3 is 2.43 bits per heavy atom. The number of fused-ring (bicyclic) bond motifs is 1. The number of ketones is 1. The summed E-state index contributed by atoms with van der Waals surface area (Å²) in [5.41, 5.74) is 2.76. The minimum absolute atomic E-state index is 0.000402. The molecule has 224 valence electrons. The molecule has 0 unspecified atom stereocenters. The van der Waals surface area contributed by atoms with Crippen molar-refractivity contribution < 1.29 is 18.0 Å². The van der Waals surface area contributed by atoms with E-state index in [2.05, 4.69) is 32.0 Å². The lowest BCUT2D eigenvalue weighted by molar-refractivity contribution is 0.0981. The van der Waals surface area contributed by atoms with Crippen LogP contribution in [-0.4, -0.2) is 44.3 Å². The zero-order valence-electron chi connectivity index (χ0n) is 24.3. The van der Waals surface area contributed by atoms with Crippen molar-refractivity contribution in [3.8, 4) is 0 Å². The molecule has 2 aromatic heterocycles. The monoisotopic (exact) mass is 597 g/mol. The first-order valence-electron chi connectivity index (χ1n) is 14.0. The Morgan fingerprint density at radius 1 is 0.932 bits per heavy atom. The van der Waals surface area contributed by atoms with Gasteiger partial charge in [0.1, 0.15) is 17.2 Å². The summed E-state index contributed by atoms with van der Waals surface area (Å²) >= 11 is 0. The highest BCUT2D eigenvalue weighted by Crippen LogP contribution is 2.21. The van der Waals surface area contributed by atoms with Gasteiger partial charge in [0.15, 0.2) is 17.4 Å². The van der Waals surface area contributed by atoms with Crippen molar-refractivity contribution in [2.45, 2.75) is 32.4 Å². The van der Waals surface area contributed by atoms with Crippen LogP contribution in [0.1, 0.15) is 51.3 Å². The Balaban J connectivity index is 1.21. The third-order valence-corrected chi connectivity index (χ3v) is 7.04. The Bertz CT molecular complexity index is 1900. The quantitative estimate of drug-likeness (QED) is 0.174. The van der Waals surface area contributed by atoms with Gasteiger partial charge in [0, 0.05) is 37.3 Å². The van der Waals surface area contributed by atoms with Crippen molar-refractivity contribution in [1.29, 1.82) is 0 Å². The highest BCUT2D eigenvalue weighted by Gasteiger charge is 2.14. The number of Topliss-reactive ketones (excluding diaryl/α,β-unsaturated/α-hetero) is 1. The van der Waals surface area contributed by atoms with Gasteiger partial charge >= 0.3 is 0 Å². The predicted octanol–water partition coefficient (Wildman–Crippen LogP) is 5.98. The molecule has 44 heavy (non-hydrogen) atoms. The molecule has 0 amide bonds. The molecule has 0 aliphatic carbocycles. The Hall–Kier alpha value is -4.96. The minimum atomic E-state index is -1.03. The van der Waals surface area contributed by atoms with E-state index in [0.717, 1.165) is 28.8 Å². The van der Waals surface area contributed by atoms with E-state index >= 15 is 4.39 Å². The molecule has 0 radical (unpaired) electrons. The highest BCUT2D eigenvalue weighted by atomic mass is 19.2. The van der Waals surface area contributed by atoms with E-state index in [1.54, 1.807) is 24.3 Å². The first-order valence-corrected chi connectivity index (χ1v) is 14.0. The Morgan fingerprint density at radius 2 is 1.68 bits per heavy atom. The average Bonchev–Trinajstić information content (AvgIpc) is 3.00. The smallest absolute Gasteiger partial charge is 0.264 e. The summed E-state index contributed by atoms with van der Waals surface area (Å²) in [5.74, 6) is -2.31. The van der Waals surface area contributed by atoms with Gasteiger partial charge in [-0.05, 0) is 61.5 Å². The lowest BCUT2D eigenvalue weighted by Crippen LogP contribution is -2.27. The third kappa shape index (κ3) is 7.33. The van der Waals surface area contributed by atoms with E-state index in [9.17, 15) is 18.4 Å². The topological polar surface area (TPSA) is 81.0 Å². The summed E-state index contributed by atoms with van der Waals surface area (Å²) in [4.78, 5) is 40.6. The first-order chi connectivity index (χ1) is 21.2. The van der Waals surface area contributed by atoms with E-state index in [-0.39, 0.29) is 24.9 Å². The molecule has 0 saturated heterocycles. The molecular weight excluding hydrogens is 567 g/mol. The highest BCUT2D eigenvalue weighted by molar-refractivity contribution is 5.95. The maximum atomic E-state index is 15.3. The lowest BCUT2D eigenvalue weighted by Gasteiger charge is -2.10. The number of carbonyl (C=O) groups excluding carboxylic acids is 1. The van der Waals surface area contributed by atoms with Gasteiger partial charge in [-0.2, -0.15) is 0 Å². The van der Waals surface area contributed by atoms with Gasteiger partial charge in [-0.25, -0.2) is 28.1 Å². The molecule has 10 heteroatoms.